The largest absolute Gasteiger partial charge is 0.506 e. The first-order valence-electron chi connectivity index (χ1n) is 5.38. The number of aryl methyl sites for hydroxylation is 2. The molecule has 0 aliphatic heterocycles. The lowest BCUT2D eigenvalue weighted by molar-refractivity contribution is 0.475. The van der Waals surface area contributed by atoms with Crippen molar-refractivity contribution in [2.24, 2.45) is 5.10 Å². The molecule has 0 fully saturated rings. The predicted molar refractivity (Wildman–Crippen MR) is 80.9 cm³/mol. The summed E-state index contributed by atoms with van der Waals surface area (Å²) in [7, 11) is 0. The Hall–Kier alpha value is -1.30. The van der Waals surface area contributed by atoms with E-state index in [1.54, 1.807) is 6.07 Å². The number of halogens is 2. The molecule has 0 atom stereocenters. The lowest BCUT2D eigenvalue weighted by Gasteiger charge is -2.02. The number of benzene rings is 1. The molecule has 1 aromatic carbocycles. The number of phenols is 1. The van der Waals surface area contributed by atoms with Crippen LogP contribution >= 0.6 is 34.5 Å². The van der Waals surface area contributed by atoms with E-state index in [1.165, 1.54) is 23.6 Å². The topological polar surface area (TPSA) is 57.5 Å². The van der Waals surface area contributed by atoms with Gasteiger partial charge in [0.2, 0.25) is 5.13 Å². The van der Waals surface area contributed by atoms with E-state index >= 15 is 0 Å². The van der Waals surface area contributed by atoms with Gasteiger partial charge in [0, 0.05) is 15.5 Å². The van der Waals surface area contributed by atoms with Gasteiger partial charge in [0.05, 0.1) is 16.9 Å². The normalized spacial score (nSPS) is 11.2. The first kappa shape index (κ1) is 14.1. The van der Waals surface area contributed by atoms with Gasteiger partial charge in [-0.15, -0.1) is 11.3 Å². The third kappa shape index (κ3) is 3.37. The fraction of sp³-hybridized carbons (Fsp3) is 0.167. The molecule has 2 aromatic rings. The van der Waals surface area contributed by atoms with Gasteiger partial charge in [-0.3, -0.25) is 5.43 Å². The Balaban J connectivity index is 2.15. The van der Waals surface area contributed by atoms with Crippen LogP contribution in [-0.4, -0.2) is 16.3 Å². The minimum Gasteiger partial charge on any atom is -0.506 e. The summed E-state index contributed by atoms with van der Waals surface area (Å²) >= 11 is 13.2. The predicted octanol–water partition coefficient (Wildman–Crippen LogP) is 4.22. The standard InChI is InChI=1S/C12H11Cl2N3OS/c1-6-7(2)19-12(16-6)17-15-5-8-3-9(13)4-10(14)11(8)18/h3-5,18H,1-2H3,(H,16,17)/b15-5+. The van der Waals surface area contributed by atoms with Gasteiger partial charge < -0.3 is 5.11 Å². The van der Waals surface area contributed by atoms with Crippen LogP contribution in [-0.2, 0) is 0 Å². The lowest BCUT2D eigenvalue weighted by Crippen LogP contribution is -1.91. The van der Waals surface area contributed by atoms with Crippen molar-refractivity contribution in [1.29, 1.82) is 0 Å². The average molecular weight is 316 g/mol. The zero-order chi connectivity index (χ0) is 14.0. The van der Waals surface area contributed by atoms with Crippen LogP contribution in [0.2, 0.25) is 10.0 Å². The first-order valence-corrected chi connectivity index (χ1v) is 6.95. The number of phenolic OH excluding ortho intramolecular Hbond substituents is 1. The number of hydrazone groups is 1. The number of rotatable bonds is 3. The molecule has 0 unspecified atom stereocenters. The van der Waals surface area contributed by atoms with E-state index in [4.69, 9.17) is 23.2 Å². The molecule has 2 N–H and O–H groups in total. The zero-order valence-electron chi connectivity index (χ0n) is 10.2. The molecule has 100 valence electrons. The van der Waals surface area contributed by atoms with Crippen LogP contribution in [0.5, 0.6) is 5.75 Å². The maximum atomic E-state index is 9.74. The Kier molecular flexibility index (Phi) is 4.29. The molecule has 0 saturated carbocycles. The minimum absolute atomic E-state index is 0.0527. The molecule has 4 nitrogen and oxygen atoms in total. The van der Waals surface area contributed by atoms with E-state index in [-0.39, 0.29) is 10.8 Å². The molecule has 0 aliphatic carbocycles. The SMILES string of the molecule is Cc1nc(N/N=C/c2cc(Cl)cc(Cl)c2O)sc1C. The second kappa shape index (κ2) is 5.77. The van der Waals surface area contributed by atoms with Crippen molar-refractivity contribution >= 4 is 45.9 Å². The van der Waals surface area contributed by atoms with Gasteiger partial charge in [0.1, 0.15) is 5.75 Å². The summed E-state index contributed by atoms with van der Waals surface area (Å²) in [6, 6.07) is 3.04. The van der Waals surface area contributed by atoms with E-state index in [0.29, 0.717) is 15.7 Å². The maximum absolute atomic E-state index is 9.74. The monoisotopic (exact) mass is 315 g/mol. The van der Waals surface area contributed by atoms with Crippen molar-refractivity contribution in [3.05, 3.63) is 38.3 Å². The highest BCUT2D eigenvalue weighted by molar-refractivity contribution is 7.15. The number of nitrogens with one attached hydrogen (secondary N) is 1. The number of thiazole rings is 1. The molecule has 0 amide bonds. The molecule has 2 rings (SSSR count). The fourth-order valence-corrected chi connectivity index (χ4v) is 2.64. The molecule has 0 spiro atoms. The Morgan fingerprint density at radius 3 is 2.74 bits per heavy atom. The number of aromatic nitrogens is 1. The van der Waals surface area contributed by atoms with Crippen LogP contribution in [0.1, 0.15) is 16.1 Å². The fourth-order valence-electron chi connectivity index (χ4n) is 1.36. The third-order valence-corrected chi connectivity index (χ3v) is 3.93. The second-order valence-corrected chi connectivity index (χ2v) is 5.90. The third-order valence-electron chi connectivity index (χ3n) is 2.45. The summed E-state index contributed by atoms with van der Waals surface area (Å²) in [6.07, 6.45) is 1.44. The van der Waals surface area contributed by atoms with Crippen molar-refractivity contribution in [3.8, 4) is 5.75 Å². The molecule has 0 saturated heterocycles. The number of nitrogens with zero attached hydrogens (tertiary/aromatic N) is 2. The van der Waals surface area contributed by atoms with Crippen LogP contribution in [0, 0.1) is 13.8 Å². The van der Waals surface area contributed by atoms with Gasteiger partial charge in [-0.05, 0) is 26.0 Å². The van der Waals surface area contributed by atoms with E-state index in [9.17, 15) is 5.11 Å². The number of hydrogen-bond acceptors (Lipinski definition) is 5. The van der Waals surface area contributed by atoms with Gasteiger partial charge in [-0.25, -0.2) is 4.98 Å². The maximum Gasteiger partial charge on any atom is 0.203 e. The summed E-state index contributed by atoms with van der Waals surface area (Å²) < 4.78 is 0. The number of aromatic hydroxyl groups is 1. The Morgan fingerprint density at radius 1 is 1.37 bits per heavy atom. The van der Waals surface area contributed by atoms with Gasteiger partial charge in [-0.2, -0.15) is 5.10 Å². The van der Waals surface area contributed by atoms with E-state index in [0.717, 1.165) is 10.6 Å². The molecule has 19 heavy (non-hydrogen) atoms. The smallest absolute Gasteiger partial charge is 0.203 e. The van der Waals surface area contributed by atoms with Crippen LogP contribution < -0.4 is 5.43 Å². The van der Waals surface area contributed by atoms with Crippen LogP contribution in [0.15, 0.2) is 17.2 Å². The van der Waals surface area contributed by atoms with Crippen LogP contribution in [0.3, 0.4) is 0 Å². The quantitative estimate of drug-likeness (QED) is 0.658. The molecule has 7 heteroatoms. The second-order valence-electron chi connectivity index (χ2n) is 3.86. The Morgan fingerprint density at radius 2 is 2.11 bits per heavy atom. The summed E-state index contributed by atoms with van der Waals surface area (Å²) in [6.45, 7) is 3.92. The molecule has 0 radical (unpaired) electrons. The molecule has 0 aliphatic rings. The zero-order valence-corrected chi connectivity index (χ0v) is 12.6. The lowest BCUT2D eigenvalue weighted by atomic mass is 10.2. The van der Waals surface area contributed by atoms with E-state index in [2.05, 4.69) is 15.5 Å². The summed E-state index contributed by atoms with van der Waals surface area (Å²) in [5, 5.41) is 15.1. The molecule has 1 aromatic heterocycles. The molecule has 0 bridgehead atoms. The van der Waals surface area contributed by atoms with E-state index < -0.39 is 0 Å². The van der Waals surface area contributed by atoms with Crippen molar-refractivity contribution in [2.45, 2.75) is 13.8 Å². The highest BCUT2D eigenvalue weighted by Gasteiger charge is 2.06. The van der Waals surface area contributed by atoms with Crippen molar-refractivity contribution in [2.75, 3.05) is 5.43 Å². The summed E-state index contributed by atoms with van der Waals surface area (Å²) in [5.41, 5.74) is 4.21. The highest BCUT2D eigenvalue weighted by atomic mass is 35.5. The van der Waals surface area contributed by atoms with Gasteiger partial charge in [-0.1, -0.05) is 23.2 Å². The van der Waals surface area contributed by atoms with Crippen molar-refractivity contribution in [3.63, 3.8) is 0 Å². The average Bonchev–Trinajstić information content (AvgIpc) is 2.65. The number of anilines is 1. The first-order chi connectivity index (χ1) is 8.97. The van der Waals surface area contributed by atoms with Crippen LogP contribution in [0.25, 0.3) is 0 Å². The van der Waals surface area contributed by atoms with Gasteiger partial charge >= 0.3 is 0 Å². The van der Waals surface area contributed by atoms with Crippen molar-refractivity contribution in [1.82, 2.24) is 4.98 Å². The molecular weight excluding hydrogens is 305 g/mol. The molecular formula is C12H11Cl2N3OS. The summed E-state index contributed by atoms with van der Waals surface area (Å²) in [5.74, 6) is -0.0527. The highest BCUT2D eigenvalue weighted by Crippen LogP contribution is 2.30. The molecule has 1 heterocycles. The minimum atomic E-state index is -0.0527. The number of hydrogen-bond donors (Lipinski definition) is 2. The van der Waals surface area contributed by atoms with Crippen LogP contribution in [0.4, 0.5) is 5.13 Å². The Bertz CT molecular complexity index is 621. The van der Waals surface area contributed by atoms with Gasteiger partial charge in [0.15, 0.2) is 0 Å². The van der Waals surface area contributed by atoms with Crippen molar-refractivity contribution < 1.29 is 5.11 Å². The van der Waals surface area contributed by atoms with E-state index in [1.807, 2.05) is 13.8 Å². The Labute approximate surface area is 124 Å². The van der Waals surface area contributed by atoms with Gasteiger partial charge in [0.25, 0.3) is 0 Å². The summed E-state index contributed by atoms with van der Waals surface area (Å²) in [4.78, 5) is 5.41.